The van der Waals surface area contributed by atoms with E-state index in [2.05, 4.69) is 34.0 Å². The van der Waals surface area contributed by atoms with E-state index < -0.39 is 0 Å². The summed E-state index contributed by atoms with van der Waals surface area (Å²) < 4.78 is 0. The summed E-state index contributed by atoms with van der Waals surface area (Å²) in [5, 5.41) is 3.82. The predicted octanol–water partition coefficient (Wildman–Crippen LogP) is 2.58. The van der Waals surface area contributed by atoms with Crippen molar-refractivity contribution in [2.24, 2.45) is 0 Å². The van der Waals surface area contributed by atoms with E-state index in [4.69, 9.17) is 11.6 Å². The Morgan fingerprint density at radius 2 is 2.06 bits per heavy atom. The van der Waals surface area contributed by atoms with Gasteiger partial charge in [0.25, 0.3) is 0 Å². The fourth-order valence-electron chi connectivity index (χ4n) is 1.68. The van der Waals surface area contributed by atoms with Gasteiger partial charge >= 0.3 is 0 Å². The molecule has 0 aliphatic carbocycles. The summed E-state index contributed by atoms with van der Waals surface area (Å²) in [6.07, 6.45) is 2.67. The topological polar surface area (TPSA) is 41.0 Å². The summed E-state index contributed by atoms with van der Waals surface area (Å²) in [4.78, 5) is 10.5. The van der Waals surface area contributed by atoms with E-state index in [9.17, 15) is 0 Å². The van der Waals surface area contributed by atoms with Gasteiger partial charge in [-0.25, -0.2) is 9.97 Å². The molecule has 1 aromatic heterocycles. The summed E-state index contributed by atoms with van der Waals surface area (Å²) in [6.45, 7) is 10.4. The highest BCUT2D eigenvalue weighted by molar-refractivity contribution is 6.30. The number of hydrogen-bond acceptors (Lipinski definition) is 4. The third-order valence-electron chi connectivity index (χ3n) is 2.73. The van der Waals surface area contributed by atoms with Gasteiger partial charge in [-0.2, -0.15) is 0 Å². The first-order valence-corrected chi connectivity index (χ1v) is 6.50. The molecule has 0 amide bonds. The van der Waals surface area contributed by atoms with Gasteiger partial charge < -0.3 is 10.2 Å². The second-order valence-corrected chi connectivity index (χ2v) is 4.36. The smallest absolute Gasteiger partial charge is 0.137 e. The molecule has 96 valence electrons. The Kier molecular flexibility index (Phi) is 6.22. The Balaban J connectivity index is 2.42. The van der Waals surface area contributed by atoms with Gasteiger partial charge in [0.1, 0.15) is 17.3 Å². The van der Waals surface area contributed by atoms with Crippen LogP contribution in [0.25, 0.3) is 0 Å². The monoisotopic (exact) mass is 256 g/mol. The largest absolute Gasteiger partial charge is 0.368 e. The van der Waals surface area contributed by atoms with Crippen molar-refractivity contribution in [1.82, 2.24) is 14.9 Å². The van der Waals surface area contributed by atoms with Crippen molar-refractivity contribution in [3.63, 3.8) is 0 Å². The van der Waals surface area contributed by atoms with Crippen molar-refractivity contribution in [3.05, 3.63) is 17.0 Å². The lowest BCUT2D eigenvalue weighted by Crippen LogP contribution is -2.29. The minimum absolute atomic E-state index is 0.517. The first-order chi connectivity index (χ1) is 8.19. The summed E-state index contributed by atoms with van der Waals surface area (Å²) in [6, 6.07) is 0. The molecular formula is C12H21ClN4. The van der Waals surface area contributed by atoms with Gasteiger partial charge in [0, 0.05) is 18.7 Å². The lowest BCUT2D eigenvalue weighted by Gasteiger charge is -2.20. The highest BCUT2D eigenvalue weighted by Crippen LogP contribution is 2.17. The molecule has 1 N–H and O–H groups in total. The maximum absolute atomic E-state index is 5.93. The van der Waals surface area contributed by atoms with Crippen molar-refractivity contribution >= 4 is 17.4 Å². The quantitative estimate of drug-likeness (QED) is 0.762. The molecule has 0 aliphatic heterocycles. The van der Waals surface area contributed by atoms with E-state index in [1.165, 1.54) is 12.7 Å². The van der Waals surface area contributed by atoms with Gasteiger partial charge in [-0.15, -0.1) is 0 Å². The normalized spacial score (nSPS) is 10.9. The molecule has 0 bridgehead atoms. The molecule has 0 unspecified atom stereocenters. The van der Waals surface area contributed by atoms with Crippen LogP contribution in [0.2, 0.25) is 5.15 Å². The fourth-order valence-corrected chi connectivity index (χ4v) is 1.82. The summed E-state index contributed by atoms with van der Waals surface area (Å²) >= 11 is 5.93. The molecule has 0 spiro atoms. The minimum atomic E-state index is 0.517. The van der Waals surface area contributed by atoms with Crippen LogP contribution in [0.1, 0.15) is 25.8 Å². The molecule has 0 aliphatic rings. The summed E-state index contributed by atoms with van der Waals surface area (Å²) in [5.74, 6) is 0.831. The summed E-state index contributed by atoms with van der Waals surface area (Å²) in [5.41, 5.74) is 0.910. The van der Waals surface area contributed by atoms with E-state index in [1.807, 2.05) is 6.92 Å². The third kappa shape index (κ3) is 4.48. The number of nitrogens with one attached hydrogen (secondary N) is 1. The van der Waals surface area contributed by atoms with E-state index in [0.29, 0.717) is 5.15 Å². The van der Waals surface area contributed by atoms with Crippen molar-refractivity contribution < 1.29 is 0 Å². The number of rotatable bonds is 7. The third-order valence-corrected chi connectivity index (χ3v) is 3.11. The van der Waals surface area contributed by atoms with Crippen LogP contribution in [0.4, 0.5) is 5.82 Å². The molecule has 17 heavy (non-hydrogen) atoms. The van der Waals surface area contributed by atoms with Crippen molar-refractivity contribution in [2.75, 3.05) is 31.5 Å². The molecule has 0 aromatic carbocycles. The van der Waals surface area contributed by atoms with Crippen LogP contribution in [0.5, 0.6) is 0 Å². The molecule has 0 atom stereocenters. The maximum Gasteiger partial charge on any atom is 0.137 e. The first kappa shape index (κ1) is 14.2. The van der Waals surface area contributed by atoms with Crippen molar-refractivity contribution in [3.8, 4) is 0 Å². The Labute approximate surface area is 108 Å². The Bertz CT molecular complexity index is 343. The van der Waals surface area contributed by atoms with Crippen LogP contribution < -0.4 is 5.32 Å². The molecule has 0 radical (unpaired) electrons. The number of nitrogens with zero attached hydrogens (tertiary/aromatic N) is 3. The SMILES string of the molecule is CCCN(CC)CCNc1ncnc(Cl)c1C. The van der Waals surface area contributed by atoms with Crippen LogP contribution in [-0.4, -0.2) is 41.0 Å². The first-order valence-electron chi connectivity index (χ1n) is 6.12. The van der Waals surface area contributed by atoms with Crippen LogP contribution in [0, 0.1) is 6.92 Å². The molecule has 0 fully saturated rings. The van der Waals surface area contributed by atoms with Crippen LogP contribution >= 0.6 is 11.6 Å². The number of hydrogen-bond donors (Lipinski definition) is 1. The molecule has 5 heteroatoms. The van der Waals surface area contributed by atoms with Crippen molar-refractivity contribution in [2.45, 2.75) is 27.2 Å². The van der Waals surface area contributed by atoms with Gasteiger partial charge in [0.2, 0.25) is 0 Å². The van der Waals surface area contributed by atoms with E-state index in [-0.39, 0.29) is 0 Å². The molecule has 1 heterocycles. The number of likely N-dealkylation sites (N-methyl/N-ethyl adjacent to an activating group) is 1. The van der Waals surface area contributed by atoms with E-state index >= 15 is 0 Å². The molecule has 1 aromatic rings. The highest BCUT2D eigenvalue weighted by atomic mass is 35.5. The van der Waals surface area contributed by atoms with Crippen LogP contribution in [0.15, 0.2) is 6.33 Å². The lowest BCUT2D eigenvalue weighted by atomic mass is 10.3. The number of aromatic nitrogens is 2. The average Bonchev–Trinajstić information content (AvgIpc) is 2.33. The fraction of sp³-hybridized carbons (Fsp3) is 0.667. The zero-order chi connectivity index (χ0) is 12.7. The maximum atomic E-state index is 5.93. The Hall–Kier alpha value is -0.870. The summed E-state index contributed by atoms with van der Waals surface area (Å²) in [7, 11) is 0. The molecule has 4 nitrogen and oxygen atoms in total. The predicted molar refractivity (Wildman–Crippen MR) is 72.7 cm³/mol. The lowest BCUT2D eigenvalue weighted by molar-refractivity contribution is 0.300. The Morgan fingerprint density at radius 1 is 1.29 bits per heavy atom. The second kappa shape index (κ2) is 7.45. The number of anilines is 1. The molecule has 1 rings (SSSR count). The van der Waals surface area contributed by atoms with Gasteiger partial charge in [0.05, 0.1) is 0 Å². The van der Waals surface area contributed by atoms with E-state index in [1.54, 1.807) is 0 Å². The molecule has 0 saturated carbocycles. The van der Waals surface area contributed by atoms with E-state index in [0.717, 1.165) is 37.6 Å². The van der Waals surface area contributed by atoms with Crippen LogP contribution in [0.3, 0.4) is 0 Å². The number of halogens is 1. The van der Waals surface area contributed by atoms with Gasteiger partial charge in [0.15, 0.2) is 0 Å². The Morgan fingerprint density at radius 3 is 2.71 bits per heavy atom. The molecular weight excluding hydrogens is 236 g/mol. The average molecular weight is 257 g/mol. The highest BCUT2D eigenvalue weighted by Gasteiger charge is 2.05. The van der Waals surface area contributed by atoms with Crippen molar-refractivity contribution in [1.29, 1.82) is 0 Å². The minimum Gasteiger partial charge on any atom is -0.368 e. The second-order valence-electron chi connectivity index (χ2n) is 4.00. The zero-order valence-corrected chi connectivity index (χ0v) is 11.6. The van der Waals surface area contributed by atoms with Gasteiger partial charge in [-0.3, -0.25) is 0 Å². The van der Waals surface area contributed by atoms with Gasteiger partial charge in [-0.05, 0) is 26.4 Å². The zero-order valence-electron chi connectivity index (χ0n) is 10.8. The van der Waals surface area contributed by atoms with Crippen LogP contribution in [-0.2, 0) is 0 Å². The van der Waals surface area contributed by atoms with Gasteiger partial charge in [-0.1, -0.05) is 25.4 Å². The molecule has 0 saturated heterocycles. The standard InChI is InChI=1S/C12H21ClN4/c1-4-7-17(5-2)8-6-14-12-10(3)11(13)15-9-16-12/h9H,4-8H2,1-3H3,(H,14,15,16).